The topological polar surface area (TPSA) is 55.2 Å². The molecule has 21 heavy (non-hydrogen) atoms. The Kier molecular flexibility index (Phi) is 4.48. The van der Waals surface area contributed by atoms with E-state index in [4.69, 9.17) is 11.6 Å². The SMILES string of the molecule is Cc1cc(C)c(CNc2ccc(Cl)c([N+](=O)[O-])c2)c(C)c1. The van der Waals surface area contributed by atoms with Gasteiger partial charge in [0.2, 0.25) is 0 Å². The van der Waals surface area contributed by atoms with Crippen LogP contribution in [0.5, 0.6) is 0 Å². The summed E-state index contributed by atoms with van der Waals surface area (Å²) in [6, 6.07) is 9.01. The average molecular weight is 305 g/mol. The highest BCUT2D eigenvalue weighted by molar-refractivity contribution is 6.32. The first-order chi connectivity index (χ1) is 9.88. The van der Waals surface area contributed by atoms with E-state index in [2.05, 4.69) is 38.2 Å². The molecule has 0 saturated heterocycles. The predicted octanol–water partition coefficient (Wildman–Crippen LogP) is 4.79. The lowest BCUT2D eigenvalue weighted by Crippen LogP contribution is -2.04. The molecule has 0 heterocycles. The number of nitro benzene ring substituents is 1. The summed E-state index contributed by atoms with van der Waals surface area (Å²) in [5.41, 5.74) is 5.46. The minimum absolute atomic E-state index is 0.0842. The van der Waals surface area contributed by atoms with Crippen molar-refractivity contribution in [1.29, 1.82) is 0 Å². The highest BCUT2D eigenvalue weighted by Crippen LogP contribution is 2.28. The Bertz CT molecular complexity index is 676. The zero-order chi connectivity index (χ0) is 15.6. The van der Waals surface area contributed by atoms with Crippen molar-refractivity contribution in [2.45, 2.75) is 27.3 Å². The van der Waals surface area contributed by atoms with Crippen molar-refractivity contribution in [1.82, 2.24) is 0 Å². The van der Waals surface area contributed by atoms with E-state index in [9.17, 15) is 10.1 Å². The molecular formula is C16H17ClN2O2. The summed E-state index contributed by atoms with van der Waals surface area (Å²) in [6.07, 6.45) is 0. The van der Waals surface area contributed by atoms with Gasteiger partial charge in [0.15, 0.2) is 0 Å². The lowest BCUT2D eigenvalue weighted by Gasteiger charge is -2.13. The smallest absolute Gasteiger partial charge is 0.289 e. The van der Waals surface area contributed by atoms with Gasteiger partial charge in [-0.1, -0.05) is 29.3 Å². The molecule has 0 amide bonds. The summed E-state index contributed by atoms with van der Waals surface area (Å²) >= 11 is 5.81. The van der Waals surface area contributed by atoms with Crippen LogP contribution in [0.4, 0.5) is 11.4 Å². The molecule has 0 unspecified atom stereocenters. The highest BCUT2D eigenvalue weighted by Gasteiger charge is 2.13. The van der Waals surface area contributed by atoms with E-state index in [1.165, 1.54) is 34.4 Å². The van der Waals surface area contributed by atoms with Crippen LogP contribution in [-0.4, -0.2) is 4.92 Å². The Balaban J connectivity index is 2.21. The second kappa shape index (κ2) is 6.14. The number of nitrogens with one attached hydrogen (secondary N) is 1. The summed E-state index contributed by atoms with van der Waals surface area (Å²) in [7, 11) is 0. The molecule has 0 saturated carbocycles. The lowest BCUT2D eigenvalue weighted by atomic mass is 10.00. The highest BCUT2D eigenvalue weighted by atomic mass is 35.5. The molecule has 2 aromatic rings. The van der Waals surface area contributed by atoms with Crippen molar-refractivity contribution in [3.63, 3.8) is 0 Å². The van der Waals surface area contributed by atoms with E-state index >= 15 is 0 Å². The predicted molar refractivity (Wildman–Crippen MR) is 86.1 cm³/mol. The monoisotopic (exact) mass is 304 g/mol. The third-order valence-corrected chi connectivity index (χ3v) is 3.77. The number of aryl methyl sites for hydroxylation is 3. The van der Waals surface area contributed by atoms with Crippen LogP contribution in [-0.2, 0) is 6.54 Å². The van der Waals surface area contributed by atoms with E-state index in [0.29, 0.717) is 12.2 Å². The van der Waals surface area contributed by atoms with Gasteiger partial charge in [0.25, 0.3) is 5.69 Å². The molecule has 0 spiro atoms. The molecule has 0 bridgehead atoms. The summed E-state index contributed by atoms with van der Waals surface area (Å²) in [5.74, 6) is 0. The van der Waals surface area contributed by atoms with Gasteiger partial charge in [-0.15, -0.1) is 0 Å². The van der Waals surface area contributed by atoms with E-state index in [1.807, 2.05) is 0 Å². The average Bonchev–Trinajstić information content (AvgIpc) is 2.38. The Morgan fingerprint density at radius 3 is 2.33 bits per heavy atom. The third kappa shape index (κ3) is 3.52. The zero-order valence-corrected chi connectivity index (χ0v) is 13.0. The number of benzene rings is 2. The third-order valence-electron chi connectivity index (χ3n) is 3.45. The van der Waals surface area contributed by atoms with Crippen LogP contribution in [0, 0.1) is 30.9 Å². The van der Waals surface area contributed by atoms with Crippen LogP contribution in [0.3, 0.4) is 0 Å². The number of nitrogens with zero attached hydrogens (tertiary/aromatic N) is 1. The minimum Gasteiger partial charge on any atom is -0.381 e. The molecule has 0 aliphatic carbocycles. The molecule has 0 aromatic heterocycles. The van der Waals surface area contributed by atoms with Crippen molar-refractivity contribution in [3.8, 4) is 0 Å². The van der Waals surface area contributed by atoms with Gasteiger partial charge in [-0.05, 0) is 49.6 Å². The molecule has 0 fully saturated rings. The normalized spacial score (nSPS) is 10.5. The van der Waals surface area contributed by atoms with E-state index in [-0.39, 0.29) is 10.7 Å². The van der Waals surface area contributed by atoms with Gasteiger partial charge in [0, 0.05) is 18.3 Å². The van der Waals surface area contributed by atoms with Crippen LogP contribution < -0.4 is 5.32 Å². The molecule has 2 aromatic carbocycles. The van der Waals surface area contributed by atoms with Gasteiger partial charge in [-0.25, -0.2) is 0 Å². The van der Waals surface area contributed by atoms with Crippen LogP contribution in [0.2, 0.25) is 5.02 Å². The van der Waals surface area contributed by atoms with Gasteiger partial charge >= 0.3 is 0 Å². The second-order valence-electron chi connectivity index (χ2n) is 5.15. The van der Waals surface area contributed by atoms with E-state index in [1.54, 1.807) is 6.07 Å². The van der Waals surface area contributed by atoms with E-state index < -0.39 is 4.92 Å². The molecule has 2 rings (SSSR count). The largest absolute Gasteiger partial charge is 0.381 e. The summed E-state index contributed by atoms with van der Waals surface area (Å²) in [5, 5.41) is 14.3. The quantitative estimate of drug-likeness (QED) is 0.653. The van der Waals surface area contributed by atoms with Crippen molar-refractivity contribution >= 4 is 23.0 Å². The Morgan fingerprint density at radius 2 is 1.76 bits per heavy atom. The number of anilines is 1. The molecule has 0 radical (unpaired) electrons. The summed E-state index contributed by atoms with van der Waals surface area (Å²) < 4.78 is 0. The Labute approximate surface area is 128 Å². The first kappa shape index (κ1) is 15.3. The molecular weight excluding hydrogens is 288 g/mol. The fraction of sp³-hybridized carbons (Fsp3) is 0.250. The van der Waals surface area contributed by atoms with Crippen LogP contribution in [0.1, 0.15) is 22.3 Å². The molecule has 0 aliphatic heterocycles. The molecule has 1 N–H and O–H groups in total. The Morgan fingerprint density at radius 1 is 1.14 bits per heavy atom. The first-order valence-electron chi connectivity index (χ1n) is 6.63. The number of hydrogen-bond donors (Lipinski definition) is 1. The number of nitro groups is 1. The molecule has 0 atom stereocenters. The fourth-order valence-electron chi connectivity index (χ4n) is 2.44. The number of halogens is 1. The first-order valence-corrected chi connectivity index (χ1v) is 7.01. The van der Waals surface area contributed by atoms with Crippen molar-refractivity contribution in [2.24, 2.45) is 0 Å². The standard InChI is InChI=1S/C16H17ClN2O2/c1-10-6-11(2)14(12(3)7-10)9-18-13-4-5-15(17)16(8-13)19(20)21/h4-8,18H,9H2,1-3H3. The molecule has 5 heteroatoms. The maximum atomic E-state index is 10.9. The molecule has 4 nitrogen and oxygen atoms in total. The van der Waals surface area contributed by atoms with Gasteiger partial charge in [0.05, 0.1) is 4.92 Å². The minimum atomic E-state index is -0.476. The van der Waals surface area contributed by atoms with Crippen molar-refractivity contribution in [3.05, 3.63) is 67.7 Å². The fourth-order valence-corrected chi connectivity index (χ4v) is 2.63. The van der Waals surface area contributed by atoms with Gasteiger partial charge in [0.1, 0.15) is 5.02 Å². The Hall–Kier alpha value is -2.07. The number of hydrogen-bond acceptors (Lipinski definition) is 3. The van der Waals surface area contributed by atoms with Crippen molar-refractivity contribution < 1.29 is 4.92 Å². The van der Waals surface area contributed by atoms with Crippen LogP contribution in [0.15, 0.2) is 30.3 Å². The maximum absolute atomic E-state index is 10.9. The van der Waals surface area contributed by atoms with Gasteiger partial charge in [-0.2, -0.15) is 0 Å². The summed E-state index contributed by atoms with van der Waals surface area (Å²) in [4.78, 5) is 10.4. The van der Waals surface area contributed by atoms with Crippen LogP contribution >= 0.6 is 11.6 Å². The number of rotatable bonds is 4. The molecule has 0 aliphatic rings. The second-order valence-corrected chi connectivity index (χ2v) is 5.56. The van der Waals surface area contributed by atoms with Gasteiger partial charge < -0.3 is 5.32 Å². The maximum Gasteiger partial charge on any atom is 0.289 e. The van der Waals surface area contributed by atoms with Crippen LogP contribution in [0.25, 0.3) is 0 Å². The zero-order valence-electron chi connectivity index (χ0n) is 12.2. The lowest BCUT2D eigenvalue weighted by molar-refractivity contribution is -0.384. The molecule has 110 valence electrons. The van der Waals surface area contributed by atoms with Gasteiger partial charge in [-0.3, -0.25) is 10.1 Å². The van der Waals surface area contributed by atoms with Crippen molar-refractivity contribution in [2.75, 3.05) is 5.32 Å². The van der Waals surface area contributed by atoms with E-state index in [0.717, 1.165) is 0 Å². The summed E-state index contributed by atoms with van der Waals surface area (Å²) in [6.45, 7) is 6.83.